The third-order valence-electron chi connectivity index (χ3n) is 5.00. The van der Waals surface area contributed by atoms with E-state index in [-0.39, 0.29) is 11.7 Å². The fraction of sp³-hybridized carbons (Fsp3) is 0.217. The number of amides is 1. The molecule has 1 fully saturated rings. The molecular formula is C23H23FN4O. The average molecular weight is 390 g/mol. The Labute approximate surface area is 169 Å². The highest BCUT2D eigenvalue weighted by Crippen LogP contribution is 2.19. The van der Waals surface area contributed by atoms with E-state index in [1.807, 2.05) is 23.1 Å². The first-order chi connectivity index (χ1) is 14.2. The van der Waals surface area contributed by atoms with Gasteiger partial charge < -0.3 is 10.2 Å². The normalized spacial score (nSPS) is 14.6. The Balaban J connectivity index is 1.36. The summed E-state index contributed by atoms with van der Waals surface area (Å²) >= 11 is 0. The zero-order chi connectivity index (χ0) is 20.1. The molecule has 6 heteroatoms. The van der Waals surface area contributed by atoms with Crippen LogP contribution in [0.1, 0.15) is 16.1 Å². The summed E-state index contributed by atoms with van der Waals surface area (Å²) in [6.45, 7) is 3.92. The number of anilines is 2. The first kappa shape index (κ1) is 19.1. The van der Waals surface area contributed by atoms with Gasteiger partial charge >= 0.3 is 0 Å². The van der Waals surface area contributed by atoms with Crippen molar-refractivity contribution in [3.8, 4) is 0 Å². The summed E-state index contributed by atoms with van der Waals surface area (Å²) < 4.78 is 13.4. The molecule has 0 aliphatic carbocycles. The molecule has 0 saturated carbocycles. The van der Waals surface area contributed by atoms with Crippen LogP contribution in [0, 0.1) is 5.82 Å². The number of nitrogens with one attached hydrogen (secondary N) is 1. The molecule has 1 aliphatic rings. The molecule has 0 bridgehead atoms. The summed E-state index contributed by atoms with van der Waals surface area (Å²) in [6.07, 6.45) is 1.60. The molecule has 0 unspecified atom stereocenters. The molecule has 0 spiro atoms. The maximum absolute atomic E-state index is 13.4. The van der Waals surface area contributed by atoms with Crippen molar-refractivity contribution in [3.63, 3.8) is 0 Å². The lowest BCUT2D eigenvalue weighted by Crippen LogP contribution is -2.48. The molecule has 1 amide bonds. The van der Waals surface area contributed by atoms with Crippen LogP contribution in [0.15, 0.2) is 72.9 Å². The Morgan fingerprint density at radius 3 is 2.45 bits per heavy atom. The van der Waals surface area contributed by atoms with E-state index in [1.165, 1.54) is 17.7 Å². The van der Waals surface area contributed by atoms with Crippen LogP contribution in [0.4, 0.5) is 15.8 Å². The lowest BCUT2D eigenvalue weighted by molar-refractivity contribution is 0.0623. The van der Waals surface area contributed by atoms with E-state index in [9.17, 15) is 9.18 Å². The van der Waals surface area contributed by atoms with Gasteiger partial charge in [0.15, 0.2) is 0 Å². The van der Waals surface area contributed by atoms with Crippen LogP contribution in [-0.4, -0.2) is 46.9 Å². The smallest absolute Gasteiger partial charge is 0.272 e. The number of hydrogen-bond acceptors (Lipinski definition) is 4. The van der Waals surface area contributed by atoms with Crippen molar-refractivity contribution in [3.05, 3.63) is 90.0 Å². The summed E-state index contributed by atoms with van der Waals surface area (Å²) in [6, 6.07) is 20.1. The molecule has 1 aliphatic heterocycles. The molecular weight excluding hydrogens is 367 g/mol. The van der Waals surface area contributed by atoms with Crippen molar-refractivity contribution in [1.82, 2.24) is 14.8 Å². The van der Waals surface area contributed by atoms with E-state index in [1.54, 1.807) is 30.5 Å². The van der Waals surface area contributed by atoms with Gasteiger partial charge in [-0.2, -0.15) is 0 Å². The van der Waals surface area contributed by atoms with Gasteiger partial charge in [0.05, 0.1) is 0 Å². The molecule has 4 rings (SSSR count). The topological polar surface area (TPSA) is 48.5 Å². The van der Waals surface area contributed by atoms with Crippen LogP contribution in [0.2, 0.25) is 0 Å². The predicted molar refractivity (Wildman–Crippen MR) is 112 cm³/mol. The van der Waals surface area contributed by atoms with E-state index in [0.717, 1.165) is 19.6 Å². The van der Waals surface area contributed by atoms with Crippen LogP contribution in [0.5, 0.6) is 0 Å². The largest absolute Gasteiger partial charge is 0.355 e. The predicted octanol–water partition coefficient (Wildman–Crippen LogP) is 3.92. The van der Waals surface area contributed by atoms with Gasteiger partial charge in [0, 0.05) is 50.3 Å². The van der Waals surface area contributed by atoms with Crippen LogP contribution in [0.25, 0.3) is 0 Å². The molecule has 148 valence electrons. The van der Waals surface area contributed by atoms with Gasteiger partial charge in [0.2, 0.25) is 0 Å². The number of hydrogen-bond donors (Lipinski definition) is 1. The van der Waals surface area contributed by atoms with E-state index < -0.39 is 0 Å². The Bertz CT molecular complexity index is 971. The van der Waals surface area contributed by atoms with E-state index >= 15 is 0 Å². The number of nitrogens with zero attached hydrogens (tertiary/aromatic N) is 3. The first-order valence-electron chi connectivity index (χ1n) is 9.71. The second-order valence-electron chi connectivity index (χ2n) is 7.12. The molecule has 3 aromatic rings. The minimum Gasteiger partial charge on any atom is -0.355 e. The van der Waals surface area contributed by atoms with Crippen molar-refractivity contribution < 1.29 is 9.18 Å². The minimum absolute atomic E-state index is 0.0766. The van der Waals surface area contributed by atoms with Gasteiger partial charge in [-0.3, -0.25) is 14.7 Å². The van der Waals surface area contributed by atoms with E-state index in [2.05, 4.69) is 27.3 Å². The lowest BCUT2D eigenvalue weighted by atomic mass is 10.2. The molecule has 1 saturated heterocycles. The highest BCUT2D eigenvalue weighted by Gasteiger charge is 2.23. The maximum atomic E-state index is 13.4. The second kappa shape index (κ2) is 8.84. The van der Waals surface area contributed by atoms with E-state index in [4.69, 9.17) is 0 Å². The number of carbonyl (C=O) groups excluding carboxylic acids is 1. The third kappa shape index (κ3) is 4.97. The fourth-order valence-corrected chi connectivity index (χ4v) is 3.47. The van der Waals surface area contributed by atoms with Gasteiger partial charge in [-0.15, -0.1) is 0 Å². The van der Waals surface area contributed by atoms with Crippen LogP contribution in [0.3, 0.4) is 0 Å². The van der Waals surface area contributed by atoms with Gasteiger partial charge in [0.1, 0.15) is 11.5 Å². The molecule has 0 radical (unpaired) electrons. The van der Waals surface area contributed by atoms with Crippen LogP contribution < -0.4 is 5.32 Å². The summed E-state index contributed by atoms with van der Waals surface area (Å²) in [4.78, 5) is 21.3. The van der Waals surface area contributed by atoms with Gasteiger partial charge in [-0.25, -0.2) is 4.39 Å². The molecule has 5 nitrogen and oxygen atoms in total. The number of benzene rings is 2. The van der Waals surface area contributed by atoms with Crippen molar-refractivity contribution in [2.45, 2.75) is 6.54 Å². The van der Waals surface area contributed by atoms with Gasteiger partial charge in [-0.1, -0.05) is 36.4 Å². The molecule has 1 N–H and O–H groups in total. The third-order valence-corrected chi connectivity index (χ3v) is 5.00. The Hall–Kier alpha value is -3.25. The molecule has 2 aromatic carbocycles. The molecule has 29 heavy (non-hydrogen) atoms. The summed E-state index contributed by atoms with van der Waals surface area (Å²) in [5, 5.41) is 3.12. The number of piperazine rings is 1. The van der Waals surface area contributed by atoms with Gasteiger partial charge in [-0.05, 0) is 35.9 Å². The van der Waals surface area contributed by atoms with E-state index in [0.29, 0.717) is 30.2 Å². The lowest BCUT2D eigenvalue weighted by Gasteiger charge is -2.34. The molecule has 1 aromatic heterocycles. The van der Waals surface area contributed by atoms with Crippen molar-refractivity contribution in [2.24, 2.45) is 0 Å². The van der Waals surface area contributed by atoms with Crippen LogP contribution >= 0.6 is 0 Å². The molecule has 0 atom stereocenters. The number of carbonyl (C=O) groups is 1. The second-order valence-corrected chi connectivity index (χ2v) is 7.12. The van der Waals surface area contributed by atoms with Gasteiger partial charge in [0.25, 0.3) is 5.91 Å². The fourth-order valence-electron chi connectivity index (χ4n) is 3.47. The zero-order valence-corrected chi connectivity index (χ0v) is 16.1. The highest BCUT2D eigenvalue weighted by molar-refractivity contribution is 5.93. The summed E-state index contributed by atoms with van der Waals surface area (Å²) in [7, 11) is 0. The SMILES string of the molecule is O=C(c1cc(Nc2cccc(F)c2)ccn1)N1CCN(Cc2ccccc2)CC1. The minimum atomic E-state index is -0.311. The summed E-state index contributed by atoms with van der Waals surface area (Å²) in [5.74, 6) is -0.388. The van der Waals surface area contributed by atoms with Crippen molar-refractivity contribution in [1.29, 1.82) is 0 Å². The van der Waals surface area contributed by atoms with Crippen LogP contribution in [-0.2, 0) is 6.54 Å². The first-order valence-corrected chi connectivity index (χ1v) is 9.71. The zero-order valence-electron chi connectivity index (χ0n) is 16.1. The summed E-state index contributed by atoms with van der Waals surface area (Å²) in [5.41, 5.74) is 3.01. The Kier molecular flexibility index (Phi) is 5.81. The maximum Gasteiger partial charge on any atom is 0.272 e. The monoisotopic (exact) mass is 390 g/mol. The van der Waals surface area contributed by atoms with Crippen molar-refractivity contribution in [2.75, 3.05) is 31.5 Å². The number of aromatic nitrogens is 1. The highest BCUT2D eigenvalue weighted by atomic mass is 19.1. The quantitative estimate of drug-likeness (QED) is 0.717. The molecule has 2 heterocycles. The Morgan fingerprint density at radius 1 is 0.931 bits per heavy atom. The number of halogens is 1. The number of pyridine rings is 1. The average Bonchev–Trinajstić information content (AvgIpc) is 2.75. The number of rotatable bonds is 5. The Morgan fingerprint density at radius 2 is 1.69 bits per heavy atom. The van der Waals surface area contributed by atoms with Crippen molar-refractivity contribution >= 4 is 17.3 Å². The standard InChI is InChI=1S/C23H23FN4O/c24-19-7-4-8-20(15-19)26-21-9-10-25-22(16-21)23(29)28-13-11-27(12-14-28)17-18-5-2-1-3-6-18/h1-10,15-16H,11-14,17H2,(H,25,26).